The zero-order chi connectivity index (χ0) is 13.7. The van der Waals surface area contributed by atoms with Crippen molar-refractivity contribution < 1.29 is 4.79 Å². The fraction of sp³-hybridized carbons (Fsp3) is 0.333. The first-order valence-corrected chi connectivity index (χ1v) is 5.95. The number of nitrogens with zero attached hydrogens (tertiary/aromatic N) is 4. The highest BCUT2D eigenvalue weighted by Gasteiger charge is 2.02. The molecule has 2 amide bonds. The second-order valence-electron chi connectivity index (χ2n) is 4.18. The molecule has 0 saturated carbocycles. The van der Waals surface area contributed by atoms with E-state index < -0.39 is 0 Å². The molecule has 0 aliphatic carbocycles. The van der Waals surface area contributed by atoms with Crippen LogP contribution in [-0.4, -0.2) is 53.3 Å². The van der Waals surface area contributed by atoms with Crippen molar-refractivity contribution in [2.24, 2.45) is 0 Å². The summed E-state index contributed by atoms with van der Waals surface area (Å²) in [5.41, 5.74) is 1.55. The monoisotopic (exact) mass is 260 g/mol. The SMILES string of the molecule is CN(C)C(=O)NCCNc1nnc2ccccc2n1. The van der Waals surface area contributed by atoms with Gasteiger partial charge in [0.2, 0.25) is 5.95 Å². The summed E-state index contributed by atoms with van der Waals surface area (Å²) >= 11 is 0. The summed E-state index contributed by atoms with van der Waals surface area (Å²) in [7, 11) is 3.39. The molecule has 0 radical (unpaired) electrons. The van der Waals surface area contributed by atoms with E-state index in [0.29, 0.717) is 19.0 Å². The summed E-state index contributed by atoms with van der Waals surface area (Å²) in [6.07, 6.45) is 0. The smallest absolute Gasteiger partial charge is 0.316 e. The molecule has 100 valence electrons. The highest BCUT2D eigenvalue weighted by molar-refractivity contribution is 5.74. The number of urea groups is 1. The lowest BCUT2D eigenvalue weighted by Gasteiger charge is -2.12. The maximum Gasteiger partial charge on any atom is 0.316 e. The van der Waals surface area contributed by atoms with Crippen LogP contribution in [0.5, 0.6) is 0 Å². The van der Waals surface area contributed by atoms with Crippen LogP contribution in [0.25, 0.3) is 11.0 Å². The summed E-state index contributed by atoms with van der Waals surface area (Å²) < 4.78 is 0. The fourth-order valence-corrected chi connectivity index (χ4v) is 1.46. The number of benzene rings is 1. The van der Waals surface area contributed by atoms with E-state index >= 15 is 0 Å². The highest BCUT2D eigenvalue weighted by Crippen LogP contribution is 2.08. The number of hydrogen-bond acceptors (Lipinski definition) is 5. The molecule has 0 bridgehead atoms. The van der Waals surface area contributed by atoms with Gasteiger partial charge in [0.1, 0.15) is 5.52 Å². The third kappa shape index (κ3) is 3.51. The van der Waals surface area contributed by atoms with Crippen molar-refractivity contribution in [3.63, 3.8) is 0 Å². The predicted octanol–water partition coefficient (Wildman–Crippen LogP) is 0.708. The Kier molecular flexibility index (Phi) is 4.07. The number of rotatable bonds is 4. The molecule has 1 heterocycles. The van der Waals surface area contributed by atoms with Gasteiger partial charge < -0.3 is 15.5 Å². The Morgan fingerprint density at radius 1 is 1.16 bits per heavy atom. The molecule has 1 aromatic carbocycles. The van der Waals surface area contributed by atoms with Crippen LogP contribution >= 0.6 is 0 Å². The maximum absolute atomic E-state index is 11.3. The molecule has 0 spiro atoms. The molecular weight excluding hydrogens is 244 g/mol. The van der Waals surface area contributed by atoms with Gasteiger partial charge in [0.25, 0.3) is 0 Å². The summed E-state index contributed by atoms with van der Waals surface area (Å²) in [5, 5.41) is 13.8. The Balaban J connectivity index is 1.86. The largest absolute Gasteiger partial charge is 0.351 e. The van der Waals surface area contributed by atoms with Crippen LogP contribution in [0.3, 0.4) is 0 Å². The minimum absolute atomic E-state index is 0.126. The van der Waals surface area contributed by atoms with Crippen LogP contribution in [0.4, 0.5) is 10.7 Å². The second kappa shape index (κ2) is 5.94. The minimum Gasteiger partial charge on any atom is -0.351 e. The number of nitrogens with one attached hydrogen (secondary N) is 2. The predicted molar refractivity (Wildman–Crippen MR) is 72.9 cm³/mol. The van der Waals surface area contributed by atoms with Gasteiger partial charge in [0.05, 0.1) is 5.52 Å². The van der Waals surface area contributed by atoms with Crippen molar-refractivity contribution in [2.45, 2.75) is 0 Å². The fourth-order valence-electron chi connectivity index (χ4n) is 1.46. The normalized spacial score (nSPS) is 10.2. The van der Waals surface area contributed by atoms with Gasteiger partial charge in [-0.2, -0.15) is 0 Å². The van der Waals surface area contributed by atoms with Crippen molar-refractivity contribution in [3.05, 3.63) is 24.3 Å². The van der Waals surface area contributed by atoms with Gasteiger partial charge in [-0.15, -0.1) is 10.2 Å². The molecule has 0 aliphatic rings. The van der Waals surface area contributed by atoms with E-state index in [2.05, 4.69) is 25.8 Å². The first-order chi connectivity index (χ1) is 9.16. The summed E-state index contributed by atoms with van der Waals surface area (Å²) in [6.45, 7) is 1.03. The summed E-state index contributed by atoms with van der Waals surface area (Å²) in [4.78, 5) is 17.1. The topological polar surface area (TPSA) is 83.0 Å². The quantitative estimate of drug-likeness (QED) is 0.791. The average Bonchev–Trinajstić information content (AvgIpc) is 2.43. The second-order valence-corrected chi connectivity index (χ2v) is 4.18. The maximum atomic E-state index is 11.3. The van der Waals surface area contributed by atoms with Gasteiger partial charge in [0.15, 0.2) is 0 Å². The number of para-hydroxylation sites is 1. The highest BCUT2D eigenvalue weighted by atomic mass is 16.2. The lowest BCUT2D eigenvalue weighted by Crippen LogP contribution is -2.37. The Labute approximate surface area is 111 Å². The first kappa shape index (κ1) is 13.0. The molecule has 0 aliphatic heterocycles. The molecule has 2 N–H and O–H groups in total. The van der Waals surface area contributed by atoms with Gasteiger partial charge in [0, 0.05) is 27.2 Å². The van der Waals surface area contributed by atoms with E-state index in [0.717, 1.165) is 11.0 Å². The first-order valence-electron chi connectivity index (χ1n) is 5.95. The molecule has 19 heavy (non-hydrogen) atoms. The van der Waals surface area contributed by atoms with Crippen molar-refractivity contribution >= 4 is 23.0 Å². The molecule has 0 saturated heterocycles. The Morgan fingerprint density at radius 3 is 2.63 bits per heavy atom. The molecule has 2 aromatic rings. The van der Waals surface area contributed by atoms with Gasteiger partial charge in [-0.1, -0.05) is 12.1 Å². The van der Waals surface area contributed by atoms with Crippen LogP contribution in [0.1, 0.15) is 0 Å². The molecule has 0 unspecified atom stereocenters. The van der Waals surface area contributed by atoms with Crippen LogP contribution < -0.4 is 10.6 Å². The van der Waals surface area contributed by atoms with Crippen LogP contribution in [0.15, 0.2) is 24.3 Å². The van der Waals surface area contributed by atoms with Crippen molar-refractivity contribution in [2.75, 3.05) is 32.5 Å². The van der Waals surface area contributed by atoms with Crippen molar-refractivity contribution in [1.29, 1.82) is 0 Å². The molecule has 0 atom stereocenters. The van der Waals surface area contributed by atoms with Crippen molar-refractivity contribution in [1.82, 2.24) is 25.4 Å². The van der Waals surface area contributed by atoms with Gasteiger partial charge in [-0.3, -0.25) is 0 Å². The third-order valence-corrected chi connectivity index (χ3v) is 2.45. The standard InChI is InChI=1S/C12H16N6O/c1-18(2)12(19)14-8-7-13-11-15-9-5-3-4-6-10(9)16-17-11/h3-6H,7-8H2,1-2H3,(H,14,19)(H,13,15,17). The van der Waals surface area contributed by atoms with E-state index in [1.54, 1.807) is 14.1 Å². The lowest BCUT2D eigenvalue weighted by atomic mass is 10.3. The summed E-state index contributed by atoms with van der Waals surface area (Å²) in [6, 6.07) is 7.40. The Morgan fingerprint density at radius 2 is 1.89 bits per heavy atom. The molecule has 7 nitrogen and oxygen atoms in total. The van der Waals surface area contributed by atoms with E-state index in [1.165, 1.54) is 4.90 Å². The van der Waals surface area contributed by atoms with E-state index in [1.807, 2.05) is 24.3 Å². The minimum atomic E-state index is -0.126. The molecule has 0 fully saturated rings. The number of aromatic nitrogens is 3. The number of anilines is 1. The van der Waals surface area contributed by atoms with E-state index in [9.17, 15) is 4.79 Å². The average molecular weight is 260 g/mol. The van der Waals surface area contributed by atoms with Gasteiger partial charge in [-0.05, 0) is 12.1 Å². The van der Waals surface area contributed by atoms with Gasteiger partial charge >= 0.3 is 6.03 Å². The number of carbonyl (C=O) groups is 1. The number of hydrogen-bond donors (Lipinski definition) is 2. The summed E-state index contributed by atoms with van der Waals surface area (Å²) in [5.74, 6) is 0.456. The zero-order valence-corrected chi connectivity index (χ0v) is 10.9. The molecule has 2 rings (SSSR count). The van der Waals surface area contributed by atoms with Crippen LogP contribution in [0.2, 0.25) is 0 Å². The van der Waals surface area contributed by atoms with Crippen LogP contribution in [-0.2, 0) is 0 Å². The third-order valence-electron chi connectivity index (χ3n) is 2.45. The molecule has 1 aromatic heterocycles. The lowest BCUT2D eigenvalue weighted by molar-refractivity contribution is 0.218. The Hall–Kier alpha value is -2.44. The molecule has 7 heteroatoms. The van der Waals surface area contributed by atoms with E-state index in [4.69, 9.17) is 0 Å². The van der Waals surface area contributed by atoms with Gasteiger partial charge in [-0.25, -0.2) is 9.78 Å². The number of carbonyl (C=O) groups excluding carboxylic acids is 1. The number of amides is 2. The zero-order valence-electron chi connectivity index (χ0n) is 10.9. The Bertz CT molecular complexity index is 571. The van der Waals surface area contributed by atoms with E-state index in [-0.39, 0.29) is 6.03 Å². The van der Waals surface area contributed by atoms with Crippen LogP contribution in [0, 0.1) is 0 Å². The number of fused-ring (bicyclic) bond motifs is 1. The molecular formula is C12H16N6O. The van der Waals surface area contributed by atoms with Crippen molar-refractivity contribution in [3.8, 4) is 0 Å².